The van der Waals surface area contributed by atoms with Gasteiger partial charge < -0.3 is 5.11 Å². The van der Waals surface area contributed by atoms with Crippen molar-refractivity contribution in [2.75, 3.05) is 0 Å². The van der Waals surface area contributed by atoms with E-state index in [1.165, 1.54) is 17.4 Å². The number of aliphatic hydroxyl groups is 1. The SMILES string of the molecule is OC(c1ccc(F)c(Br)c1)c1cscc1Br. The summed E-state index contributed by atoms with van der Waals surface area (Å²) in [6.07, 6.45) is -0.738. The molecule has 0 amide bonds. The molecule has 0 radical (unpaired) electrons. The Kier molecular flexibility index (Phi) is 3.79. The molecular weight excluding hydrogens is 359 g/mol. The maximum Gasteiger partial charge on any atom is 0.137 e. The highest BCUT2D eigenvalue weighted by Crippen LogP contribution is 2.32. The zero-order valence-corrected chi connectivity index (χ0v) is 11.9. The molecule has 1 heterocycles. The van der Waals surface area contributed by atoms with Gasteiger partial charge >= 0.3 is 0 Å². The summed E-state index contributed by atoms with van der Waals surface area (Å²) in [6, 6.07) is 4.50. The van der Waals surface area contributed by atoms with Gasteiger partial charge in [0.1, 0.15) is 11.9 Å². The van der Waals surface area contributed by atoms with Crippen LogP contribution in [0.4, 0.5) is 4.39 Å². The Morgan fingerprint density at radius 1 is 1.19 bits per heavy atom. The van der Waals surface area contributed by atoms with Crippen molar-refractivity contribution in [2.24, 2.45) is 0 Å². The van der Waals surface area contributed by atoms with Crippen LogP contribution in [0.15, 0.2) is 37.9 Å². The Hall–Kier alpha value is -0.230. The van der Waals surface area contributed by atoms with Crippen LogP contribution in [0.1, 0.15) is 17.2 Å². The Morgan fingerprint density at radius 3 is 2.50 bits per heavy atom. The van der Waals surface area contributed by atoms with Gasteiger partial charge in [-0.05, 0) is 54.9 Å². The first-order valence-corrected chi connectivity index (χ1v) is 6.97. The number of hydrogen-bond donors (Lipinski definition) is 1. The van der Waals surface area contributed by atoms with Gasteiger partial charge in [0.15, 0.2) is 0 Å². The van der Waals surface area contributed by atoms with Gasteiger partial charge in [-0.25, -0.2) is 4.39 Å². The van der Waals surface area contributed by atoms with Gasteiger partial charge in [-0.3, -0.25) is 0 Å². The third-order valence-corrected chi connectivity index (χ3v) is 4.56. The Balaban J connectivity index is 2.38. The van der Waals surface area contributed by atoms with E-state index in [2.05, 4.69) is 31.9 Å². The summed E-state index contributed by atoms with van der Waals surface area (Å²) in [5, 5.41) is 13.9. The predicted molar refractivity (Wildman–Crippen MR) is 70.2 cm³/mol. The predicted octanol–water partition coefficient (Wildman–Crippen LogP) is 4.49. The average Bonchev–Trinajstić information content (AvgIpc) is 2.67. The van der Waals surface area contributed by atoms with Crippen molar-refractivity contribution < 1.29 is 9.50 Å². The highest BCUT2D eigenvalue weighted by molar-refractivity contribution is 9.10. The van der Waals surface area contributed by atoms with Crippen LogP contribution >= 0.6 is 43.2 Å². The van der Waals surface area contributed by atoms with Crippen molar-refractivity contribution >= 4 is 43.2 Å². The van der Waals surface area contributed by atoms with E-state index >= 15 is 0 Å². The van der Waals surface area contributed by atoms with Crippen LogP contribution in [-0.2, 0) is 0 Å². The van der Waals surface area contributed by atoms with Gasteiger partial charge in [0, 0.05) is 15.4 Å². The lowest BCUT2D eigenvalue weighted by molar-refractivity contribution is 0.220. The summed E-state index contributed by atoms with van der Waals surface area (Å²) < 4.78 is 14.3. The first kappa shape index (κ1) is 12.2. The molecule has 1 N–H and O–H groups in total. The fourth-order valence-corrected chi connectivity index (χ4v) is 3.28. The summed E-state index contributed by atoms with van der Waals surface area (Å²) in [5.41, 5.74) is 1.45. The molecule has 0 aliphatic rings. The minimum Gasteiger partial charge on any atom is -0.384 e. The van der Waals surface area contributed by atoms with Crippen molar-refractivity contribution in [3.05, 3.63) is 54.8 Å². The smallest absolute Gasteiger partial charge is 0.137 e. The molecule has 0 fully saturated rings. The summed E-state index contributed by atoms with van der Waals surface area (Å²) in [6.45, 7) is 0. The largest absolute Gasteiger partial charge is 0.384 e. The summed E-state index contributed by atoms with van der Waals surface area (Å²) in [5.74, 6) is -0.333. The van der Waals surface area contributed by atoms with Crippen molar-refractivity contribution in [3.8, 4) is 0 Å². The van der Waals surface area contributed by atoms with E-state index in [4.69, 9.17) is 0 Å². The summed E-state index contributed by atoms with van der Waals surface area (Å²) in [4.78, 5) is 0. The maximum absolute atomic E-state index is 13.0. The molecule has 84 valence electrons. The van der Waals surface area contributed by atoms with E-state index in [1.807, 2.05) is 10.8 Å². The monoisotopic (exact) mass is 364 g/mol. The standard InChI is InChI=1S/C11H7Br2FOS/c12-8-3-6(1-2-10(8)14)11(15)7-4-16-5-9(7)13/h1-5,11,15H. The fourth-order valence-electron chi connectivity index (χ4n) is 1.35. The number of rotatable bonds is 2. The number of aliphatic hydroxyl groups excluding tert-OH is 1. The van der Waals surface area contributed by atoms with Crippen molar-refractivity contribution in [3.63, 3.8) is 0 Å². The van der Waals surface area contributed by atoms with Gasteiger partial charge in [0.25, 0.3) is 0 Å². The second-order valence-corrected chi connectivity index (χ2v) is 5.70. The van der Waals surface area contributed by atoms with Gasteiger partial charge in [-0.2, -0.15) is 11.3 Å². The molecule has 1 nitrogen and oxygen atoms in total. The second-order valence-electron chi connectivity index (χ2n) is 3.25. The Morgan fingerprint density at radius 2 is 1.94 bits per heavy atom. The molecule has 0 aliphatic carbocycles. The van der Waals surface area contributed by atoms with Crippen LogP contribution in [-0.4, -0.2) is 5.11 Å². The Labute approximate surface area is 113 Å². The molecule has 0 saturated heterocycles. The number of halogens is 3. The van der Waals surface area contributed by atoms with E-state index in [9.17, 15) is 9.50 Å². The van der Waals surface area contributed by atoms with Crippen molar-refractivity contribution in [1.82, 2.24) is 0 Å². The lowest BCUT2D eigenvalue weighted by atomic mass is 10.0. The second kappa shape index (κ2) is 4.96. The highest BCUT2D eigenvalue weighted by atomic mass is 79.9. The third-order valence-electron chi connectivity index (χ3n) is 2.20. The highest BCUT2D eigenvalue weighted by Gasteiger charge is 2.15. The first-order chi connectivity index (χ1) is 7.59. The van der Waals surface area contributed by atoms with Crippen molar-refractivity contribution in [1.29, 1.82) is 0 Å². The quantitative estimate of drug-likeness (QED) is 0.831. The van der Waals surface area contributed by atoms with Crippen LogP contribution in [0.3, 0.4) is 0 Å². The van der Waals surface area contributed by atoms with Gasteiger partial charge in [0.2, 0.25) is 0 Å². The van der Waals surface area contributed by atoms with Crippen LogP contribution in [0.5, 0.6) is 0 Å². The summed E-state index contributed by atoms with van der Waals surface area (Å²) >= 11 is 7.97. The first-order valence-electron chi connectivity index (χ1n) is 4.44. The number of hydrogen-bond acceptors (Lipinski definition) is 2. The zero-order valence-electron chi connectivity index (χ0n) is 7.95. The van der Waals surface area contributed by atoms with Gasteiger partial charge in [-0.15, -0.1) is 0 Å². The van der Waals surface area contributed by atoms with Gasteiger partial charge in [-0.1, -0.05) is 6.07 Å². The number of benzene rings is 1. The van der Waals surface area contributed by atoms with E-state index in [-0.39, 0.29) is 5.82 Å². The molecule has 16 heavy (non-hydrogen) atoms. The lowest BCUT2D eigenvalue weighted by Crippen LogP contribution is -1.99. The van der Waals surface area contributed by atoms with Crippen LogP contribution in [0.25, 0.3) is 0 Å². The average molecular weight is 366 g/mol. The zero-order chi connectivity index (χ0) is 11.7. The third kappa shape index (κ3) is 2.37. The molecule has 0 bridgehead atoms. The summed E-state index contributed by atoms with van der Waals surface area (Å²) in [7, 11) is 0. The molecule has 1 aromatic carbocycles. The molecule has 1 aromatic heterocycles. The molecular formula is C11H7Br2FOS. The van der Waals surface area contributed by atoms with E-state index < -0.39 is 6.10 Å². The number of thiophene rings is 1. The molecule has 2 rings (SSSR count). The molecule has 1 atom stereocenters. The van der Waals surface area contributed by atoms with E-state index in [0.717, 1.165) is 10.0 Å². The molecule has 5 heteroatoms. The molecule has 2 aromatic rings. The van der Waals surface area contributed by atoms with Gasteiger partial charge in [0.05, 0.1) is 4.47 Å². The van der Waals surface area contributed by atoms with Crippen molar-refractivity contribution in [2.45, 2.75) is 6.10 Å². The molecule has 0 spiro atoms. The van der Waals surface area contributed by atoms with E-state index in [1.54, 1.807) is 12.1 Å². The molecule has 0 aliphatic heterocycles. The Bertz CT molecular complexity index is 512. The van der Waals surface area contributed by atoms with Crippen LogP contribution in [0, 0.1) is 5.82 Å². The minimum atomic E-state index is -0.738. The minimum absolute atomic E-state index is 0.333. The fraction of sp³-hybridized carbons (Fsp3) is 0.0909. The van der Waals surface area contributed by atoms with Crippen LogP contribution in [0.2, 0.25) is 0 Å². The lowest BCUT2D eigenvalue weighted by Gasteiger charge is -2.11. The maximum atomic E-state index is 13.0. The normalized spacial score (nSPS) is 12.8. The molecule has 0 saturated carbocycles. The van der Waals surface area contributed by atoms with Crippen LogP contribution < -0.4 is 0 Å². The van der Waals surface area contributed by atoms with E-state index in [0.29, 0.717) is 10.0 Å². The topological polar surface area (TPSA) is 20.2 Å². The molecule has 1 unspecified atom stereocenters.